The first-order chi connectivity index (χ1) is 8.41. The summed E-state index contributed by atoms with van der Waals surface area (Å²) >= 11 is 0. The van der Waals surface area contributed by atoms with E-state index in [0.717, 1.165) is 19.3 Å². The Morgan fingerprint density at radius 1 is 1.28 bits per heavy atom. The molecule has 4 nitrogen and oxygen atoms in total. The summed E-state index contributed by atoms with van der Waals surface area (Å²) < 4.78 is 0. The first kappa shape index (κ1) is 15.2. The van der Waals surface area contributed by atoms with Gasteiger partial charge < -0.3 is 5.73 Å². The molecular weight excluding hydrogens is 228 g/mol. The Labute approximate surface area is 110 Å². The van der Waals surface area contributed by atoms with Crippen LogP contribution in [0.4, 0.5) is 0 Å². The quantitative estimate of drug-likeness (QED) is 0.737. The highest BCUT2D eigenvalue weighted by Crippen LogP contribution is 2.40. The van der Waals surface area contributed by atoms with Crippen LogP contribution in [0.2, 0.25) is 0 Å². The maximum Gasteiger partial charge on any atom is 0.236 e. The molecule has 2 N–H and O–H groups in total. The van der Waals surface area contributed by atoms with Gasteiger partial charge >= 0.3 is 0 Å². The highest BCUT2D eigenvalue weighted by molar-refractivity contribution is 6.06. The SMILES string of the molecule is CCC1(CC)CC(=O)N(C(CN)CC(C)C)C1=O. The van der Waals surface area contributed by atoms with E-state index in [-0.39, 0.29) is 17.9 Å². The molecule has 1 atom stereocenters. The van der Waals surface area contributed by atoms with Gasteiger partial charge in [0.15, 0.2) is 0 Å². The van der Waals surface area contributed by atoms with Crippen LogP contribution in [-0.4, -0.2) is 29.3 Å². The maximum absolute atomic E-state index is 12.5. The van der Waals surface area contributed by atoms with Crippen molar-refractivity contribution < 1.29 is 9.59 Å². The summed E-state index contributed by atoms with van der Waals surface area (Å²) in [7, 11) is 0. The number of hydrogen-bond acceptors (Lipinski definition) is 3. The van der Waals surface area contributed by atoms with Gasteiger partial charge in [-0.2, -0.15) is 0 Å². The van der Waals surface area contributed by atoms with E-state index in [1.807, 2.05) is 13.8 Å². The third-order valence-corrected chi connectivity index (χ3v) is 4.17. The van der Waals surface area contributed by atoms with Crippen LogP contribution >= 0.6 is 0 Å². The molecule has 0 bridgehead atoms. The van der Waals surface area contributed by atoms with Gasteiger partial charge in [0.05, 0.1) is 11.5 Å². The number of rotatable bonds is 6. The monoisotopic (exact) mass is 254 g/mol. The van der Waals surface area contributed by atoms with Crippen LogP contribution in [-0.2, 0) is 9.59 Å². The Bertz CT molecular complexity index is 322. The second-order valence-corrected chi connectivity index (χ2v) is 5.75. The minimum Gasteiger partial charge on any atom is -0.328 e. The molecule has 0 aliphatic carbocycles. The molecule has 0 aromatic carbocycles. The normalized spacial score (nSPS) is 20.9. The molecule has 18 heavy (non-hydrogen) atoms. The summed E-state index contributed by atoms with van der Waals surface area (Å²) in [5.74, 6) is 0.380. The van der Waals surface area contributed by atoms with E-state index in [4.69, 9.17) is 5.73 Å². The Morgan fingerprint density at radius 3 is 2.17 bits per heavy atom. The van der Waals surface area contributed by atoms with Crippen LogP contribution < -0.4 is 5.73 Å². The van der Waals surface area contributed by atoms with Crippen LogP contribution in [0.1, 0.15) is 53.4 Å². The van der Waals surface area contributed by atoms with Gasteiger partial charge in [-0.05, 0) is 25.2 Å². The molecule has 1 aliphatic heterocycles. The van der Waals surface area contributed by atoms with Gasteiger partial charge in [0.25, 0.3) is 0 Å². The van der Waals surface area contributed by atoms with E-state index in [1.54, 1.807) is 0 Å². The largest absolute Gasteiger partial charge is 0.328 e. The molecule has 1 unspecified atom stereocenters. The first-order valence-corrected chi connectivity index (χ1v) is 6.98. The minimum atomic E-state index is -0.471. The molecule has 0 spiro atoms. The lowest BCUT2D eigenvalue weighted by Crippen LogP contribution is -2.46. The van der Waals surface area contributed by atoms with Crippen LogP contribution in [0.25, 0.3) is 0 Å². The number of carbonyl (C=O) groups excluding carboxylic acids is 2. The Hall–Kier alpha value is -0.900. The van der Waals surface area contributed by atoms with Crippen molar-refractivity contribution in [1.29, 1.82) is 0 Å². The smallest absolute Gasteiger partial charge is 0.236 e. The Morgan fingerprint density at radius 2 is 1.83 bits per heavy atom. The van der Waals surface area contributed by atoms with Crippen molar-refractivity contribution in [2.45, 2.75) is 59.4 Å². The van der Waals surface area contributed by atoms with Crippen LogP contribution in [0, 0.1) is 11.3 Å². The molecule has 0 aromatic rings. The zero-order valence-corrected chi connectivity index (χ0v) is 12.0. The van der Waals surface area contributed by atoms with Gasteiger partial charge in [0.1, 0.15) is 0 Å². The zero-order valence-electron chi connectivity index (χ0n) is 12.0. The van der Waals surface area contributed by atoms with E-state index < -0.39 is 5.41 Å². The van der Waals surface area contributed by atoms with Crippen LogP contribution in [0.5, 0.6) is 0 Å². The van der Waals surface area contributed by atoms with E-state index in [2.05, 4.69) is 13.8 Å². The fourth-order valence-corrected chi connectivity index (χ4v) is 2.84. The molecule has 0 saturated carbocycles. The highest BCUT2D eigenvalue weighted by atomic mass is 16.2. The molecule has 104 valence electrons. The third kappa shape index (κ3) is 2.58. The van der Waals surface area contributed by atoms with Crippen molar-refractivity contribution in [2.24, 2.45) is 17.1 Å². The molecule has 1 saturated heterocycles. The van der Waals surface area contributed by atoms with Gasteiger partial charge in [-0.15, -0.1) is 0 Å². The fourth-order valence-electron chi connectivity index (χ4n) is 2.84. The average molecular weight is 254 g/mol. The predicted octanol–water partition coefficient (Wildman–Crippen LogP) is 1.93. The summed E-state index contributed by atoms with van der Waals surface area (Å²) in [4.78, 5) is 26.1. The van der Waals surface area contributed by atoms with E-state index >= 15 is 0 Å². The first-order valence-electron chi connectivity index (χ1n) is 6.98. The van der Waals surface area contributed by atoms with Gasteiger partial charge in [0.2, 0.25) is 11.8 Å². The number of amides is 2. The van der Waals surface area contributed by atoms with E-state index in [9.17, 15) is 9.59 Å². The van der Waals surface area contributed by atoms with Crippen molar-refractivity contribution in [2.75, 3.05) is 6.54 Å². The van der Waals surface area contributed by atoms with Crippen molar-refractivity contribution in [1.82, 2.24) is 4.90 Å². The molecule has 2 amide bonds. The minimum absolute atomic E-state index is 0.00593. The third-order valence-electron chi connectivity index (χ3n) is 4.17. The van der Waals surface area contributed by atoms with Crippen molar-refractivity contribution in [3.8, 4) is 0 Å². The lowest BCUT2D eigenvalue weighted by Gasteiger charge is -2.29. The average Bonchev–Trinajstić information content (AvgIpc) is 2.58. The summed E-state index contributed by atoms with van der Waals surface area (Å²) in [6.07, 6.45) is 2.60. The number of hydrogen-bond donors (Lipinski definition) is 1. The number of carbonyl (C=O) groups is 2. The molecular formula is C14H26N2O2. The Balaban J connectivity index is 2.95. The molecule has 1 rings (SSSR count). The number of likely N-dealkylation sites (tertiary alicyclic amines) is 1. The molecule has 1 heterocycles. The number of nitrogens with zero attached hydrogens (tertiary/aromatic N) is 1. The fraction of sp³-hybridized carbons (Fsp3) is 0.857. The van der Waals surface area contributed by atoms with Gasteiger partial charge in [0, 0.05) is 13.0 Å². The molecule has 0 aromatic heterocycles. The topological polar surface area (TPSA) is 63.4 Å². The van der Waals surface area contributed by atoms with Crippen LogP contribution in [0.3, 0.4) is 0 Å². The van der Waals surface area contributed by atoms with Gasteiger partial charge in [-0.25, -0.2) is 0 Å². The van der Waals surface area contributed by atoms with Crippen molar-refractivity contribution >= 4 is 11.8 Å². The molecule has 1 fully saturated rings. The van der Waals surface area contributed by atoms with Crippen LogP contribution in [0.15, 0.2) is 0 Å². The summed E-state index contributed by atoms with van der Waals surface area (Å²) in [5.41, 5.74) is 5.28. The second kappa shape index (κ2) is 5.83. The van der Waals surface area contributed by atoms with Crippen molar-refractivity contribution in [3.63, 3.8) is 0 Å². The standard InChI is InChI=1S/C14H26N2O2/c1-5-14(6-2)8-12(17)16(13(14)18)11(9-15)7-10(3)4/h10-11H,5-9,15H2,1-4H3. The Kier molecular flexibility index (Phi) is 4.91. The number of nitrogens with two attached hydrogens (primary N) is 1. The summed E-state index contributed by atoms with van der Waals surface area (Å²) in [6.45, 7) is 8.50. The summed E-state index contributed by atoms with van der Waals surface area (Å²) in [6, 6.07) is -0.134. The zero-order chi connectivity index (χ0) is 13.9. The molecule has 1 aliphatic rings. The van der Waals surface area contributed by atoms with Gasteiger partial charge in [-0.3, -0.25) is 14.5 Å². The van der Waals surface area contributed by atoms with Gasteiger partial charge in [-0.1, -0.05) is 27.7 Å². The molecule has 0 radical (unpaired) electrons. The lowest BCUT2D eigenvalue weighted by atomic mass is 9.81. The van der Waals surface area contributed by atoms with Crippen molar-refractivity contribution in [3.05, 3.63) is 0 Å². The second-order valence-electron chi connectivity index (χ2n) is 5.75. The van der Waals surface area contributed by atoms with E-state index in [0.29, 0.717) is 18.9 Å². The maximum atomic E-state index is 12.5. The van der Waals surface area contributed by atoms with E-state index in [1.165, 1.54) is 4.90 Å². The summed E-state index contributed by atoms with van der Waals surface area (Å²) in [5, 5.41) is 0. The molecule has 4 heteroatoms. The highest BCUT2D eigenvalue weighted by Gasteiger charge is 2.50. The lowest BCUT2D eigenvalue weighted by molar-refractivity contribution is -0.144. The number of imide groups is 1. The predicted molar refractivity (Wildman–Crippen MR) is 71.8 cm³/mol.